The molecule has 2 N–H and O–H groups in total. The van der Waals surface area contributed by atoms with E-state index in [0.717, 1.165) is 51.2 Å². The van der Waals surface area contributed by atoms with E-state index < -0.39 is 0 Å². The molecule has 0 saturated carbocycles. The van der Waals surface area contributed by atoms with E-state index in [2.05, 4.69) is 43.2 Å². The summed E-state index contributed by atoms with van der Waals surface area (Å²) < 4.78 is 11.3. The summed E-state index contributed by atoms with van der Waals surface area (Å²) in [5.41, 5.74) is 0. The van der Waals surface area contributed by atoms with Crippen LogP contribution in [0.4, 0.5) is 0 Å². The van der Waals surface area contributed by atoms with Crippen LogP contribution in [-0.4, -0.2) is 75.5 Å². The Bertz CT molecular complexity index is 416. The standard InChI is InChI=1S/C21H42N4O2/c1-5-22-21(23-11-7-20(17(3)4)27-6-2)24-19-8-12-25(13-9-19)15-18-10-14-26-16-18/h17-20H,5-16H2,1-4H3,(H2,22,23,24). The molecule has 0 aromatic heterocycles. The molecule has 0 radical (unpaired) electrons. The molecule has 2 aliphatic rings. The van der Waals surface area contributed by atoms with Gasteiger partial charge in [0.1, 0.15) is 0 Å². The number of hydrogen-bond acceptors (Lipinski definition) is 4. The monoisotopic (exact) mass is 382 g/mol. The van der Waals surface area contributed by atoms with Crippen LogP contribution in [-0.2, 0) is 9.47 Å². The van der Waals surface area contributed by atoms with E-state index in [1.807, 2.05) is 0 Å². The molecular formula is C21H42N4O2. The van der Waals surface area contributed by atoms with Crippen LogP contribution in [0.25, 0.3) is 0 Å². The number of guanidine groups is 1. The van der Waals surface area contributed by atoms with Gasteiger partial charge in [-0.3, -0.25) is 4.99 Å². The molecule has 2 atom stereocenters. The predicted octanol–water partition coefficient (Wildman–Crippen LogP) is 2.49. The minimum absolute atomic E-state index is 0.296. The van der Waals surface area contributed by atoms with Gasteiger partial charge in [0.05, 0.1) is 12.7 Å². The van der Waals surface area contributed by atoms with Gasteiger partial charge in [0, 0.05) is 52.0 Å². The molecule has 0 spiro atoms. The van der Waals surface area contributed by atoms with Gasteiger partial charge < -0.3 is 25.0 Å². The molecule has 0 amide bonds. The van der Waals surface area contributed by atoms with Crippen LogP contribution in [0, 0.1) is 11.8 Å². The van der Waals surface area contributed by atoms with Gasteiger partial charge in [-0.1, -0.05) is 13.8 Å². The maximum Gasteiger partial charge on any atom is 0.191 e. The van der Waals surface area contributed by atoms with Crippen molar-refractivity contribution in [3.05, 3.63) is 0 Å². The van der Waals surface area contributed by atoms with Gasteiger partial charge in [0.15, 0.2) is 5.96 Å². The Morgan fingerprint density at radius 2 is 2.00 bits per heavy atom. The van der Waals surface area contributed by atoms with Crippen molar-refractivity contribution in [1.29, 1.82) is 0 Å². The normalized spacial score (nSPS) is 23.7. The Morgan fingerprint density at radius 3 is 2.59 bits per heavy atom. The quantitative estimate of drug-likeness (QED) is 0.449. The maximum absolute atomic E-state index is 5.84. The van der Waals surface area contributed by atoms with Crippen LogP contribution in [0.5, 0.6) is 0 Å². The van der Waals surface area contributed by atoms with Crippen LogP contribution in [0.2, 0.25) is 0 Å². The molecule has 2 heterocycles. The summed E-state index contributed by atoms with van der Waals surface area (Å²) in [5.74, 6) is 2.23. The second-order valence-electron chi connectivity index (χ2n) is 8.24. The van der Waals surface area contributed by atoms with Gasteiger partial charge in [-0.2, -0.15) is 0 Å². The lowest BCUT2D eigenvalue weighted by atomic mass is 10.0. The molecule has 2 rings (SSSR count). The third-order valence-corrected chi connectivity index (χ3v) is 5.62. The number of likely N-dealkylation sites (tertiary alicyclic amines) is 1. The molecule has 6 heteroatoms. The van der Waals surface area contributed by atoms with Crippen molar-refractivity contribution in [1.82, 2.24) is 15.5 Å². The van der Waals surface area contributed by atoms with E-state index in [9.17, 15) is 0 Å². The fourth-order valence-corrected chi connectivity index (χ4v) is 3.99. The summed E-state index contributed by atoms with van der Waals surface area (Å²) in [5, 5.41) is 7.06. The largest absolute Gasteiger partial charge is 0.381 e. The van der Waals surface area contributed by atoms with Gasteiger partial charge in [-0.25, -0.2) is 0 Å². The Balaban J connectivity index is 1.73. The highest BCUT2D eigenvalue weighted by Gasteiger charge is 2.24. The van der Waals surface area contributed by atoms with Crippen LogP contribution in [0.15, 0.2) is 4.99 Å². The van der Waals surface area contributed by atoms with Crippen molar-refractivity contribution in [2.45, 2.75) is 65.5 Å². The molecule has 0 bridgehead atoms. The van der Waals surface area contributed by atoms with Gasteiger partial charge in [0.2, 0.25) is 0 Å². The minimum atomic E-state index is 0.296. The number of rotatable bonds is 10. The summed E-state index contributed by atoms with van der Waals surface area (Å²) in [6, 6.07) is 0.520. The van der Waals surface area contributed by atoms with Crippen molar-refractivity contribution in [3.8, 4) is 0 Å². The Labute approximate surface area is 166 Å². The summed E-state index contributed by atoms with van der Waals surface area (Å²) in [6.07, 6.45) is 4.87. The van der Waals surface area contributed by atoms with Crippen LogP contribution >= 0.6 is 0 Å². The highest BCUT2D eigenvalue weighted by molar-refractivity contribution is 5.80. The molecule has 2 fully saturated rings. The molecule has 0 aromatic carbocycles. The molecule has 0 aromatic rings. The summed E-state index contributed by atoms with van der Waals surface area (Å²) in [7, 11) is 0. The third kappa shape index (κ3) is 8.36. The van der Waals surface area contributed by atoms with Gasteiger partial charge in [-0.05, 0) is 51.4 Å². The number of aliphatic imine (C=N–C) groups is 1. The zero-order valence-corrected chi connectivity index (χ0v) is 18.0. The smallest absolute Gasteiger partial charge is 0.191 e. The van der Waals surface area contributed by atoms with E-state index in [0.29, 0.717) is 18.1 Å². The maximum atomic E-state index is 5.84. The zero-order chi connectivity index (χ0) is 19.5. The van der Waals surface area contributed by atoms with Gasteiger partial charge >= 0.3 is 0 Å². The van der Waals surface area contributed by atoms with Crippen LogP contribution < -0.4 is 10.6 Å². The first-order chi connectivity index (χ1) is 13.1. The summed E-state index contributed by atoms with van der Waals surface area (Å²) in [6.45, 7) is 16.6. The highest BCUT2D eigenvalue weighted by atomic mass is 16.5. The summed E-state index contributed by atoms with van der Waals surface area (Å²) >= 11 is 0. The number of piperidine rings is 1. The van der Waals surface area contributed by atoms with Crippen molar-refractivity contribution in [3.63, 3.8) is 0 Å². The fourth-order valence-electron chi connectivity index (χ4n) is 3.99. The fraction of sp³-hybridized carbons (Fsp3) is 0.952. The molecule has 0 aliphatic carbocycles. The molecule has 2 saturated heterocycles. The first kappa shape index (κ1) is 22.4. The Hall–Kier alpha value is -0.850. The van der Waals surface area contributed by atoms with Crippen molar-refractivity contribution < 1.29 is 9.47 Å². The van der Waals surface area contributed by atoms with Crippen molar-refractivity contribution in [2.75, 3.05) is 52.5 Å². The Kier molecular flexibility index (Phi) is 10.5. The zero-order valence-electron chi connectivity index (χ0n) is 18.0. The van der Waals surface area contributed by atoms with Gasteiger partial charge in [0.25, 0.3) is 0 Å². The van der Waals surface area contributed by atoms with Crippen molar-refractivity contribution in [2.24, 2.45) is 16.8 Å². The topological polar surface area (TPSA) is 58.1 Å². The lowest BCUT2D eigenvalue weighted by molar-refractivity contribution is 0.0266. The number of nitrogens with one attached hydrogen (secondary N) is 2. The molecule has 2 unspecified atom stereocenters. The summed E-state index contributed by atoms with van der Waals surface area (Å²) in [4.78, 5) is 7.41. The first-order valence-corrected chi connectivity index (χ1v) is 11.1. The average Bonchev–Trinajstić information content (AvgIpc) is 3.15. The van der Waals surface area contributed by atoms with E-state index >= 15 is 0 Å². The molecule has 27 heavy (non-hydrogen) atoms. The second kappa shape index (κ2) is 12.6. The molecule has 2 aliphatic heterocycles. The van der Waals surface area contributed by atoms with Crippen LogP contribution in [0.1, 0.15) is 53.4 Å². The Morgan fingerprint density at radius 1 is 1.22 bits per heavy atom. The van der Waals surface area contributed by atoms with Crippen molar-refractivity contribution >= 4 is 5.96 Å². The number of nitrogens with zero attached hydrogens (tertiary/aromatic N) is 2. The SMILES string of the molecule is CCNC(=NCCC(OCC)C(C)C)NC1CCN(CC2CCOC2)CC1. The minimum Gasteiger partial charge on any atom is -0.381 e. The van der Waals surface area contributed by atoms with E-state index in [1.165, 1.54) is 38.9 Å². The highest BCUT2D eigenvalue weighted by Crippen LogP contribution is 2.17. The second-order valence-corrected chi connectivity index (χ2v) is 8.24. The number of ether oxygens (including phenoxy) is 2. The van der Waals surface area contributed by atoms with E-state index in [1.54, 1.807) is 0 Å². The van der Waals surface area contributed by atoms with Gasteiger partial charge in [-0.15, -0.1) is 0 Å². The molecule has 158 valence electrons. The molecular weight excluding hydrogens is 340 g/mol. The average molecular weight is 383 g/mol. The lowest BCUT2D eigenvalue weighted by Gasteiger charge is -2.34. The van der Waals surface area contributed by atoms with Crippen LogP contribution in [0.3, 0.4) is 0 Å². The predicted molar refractivity (Wildman–Crippen MR) is 112 cm³/mol. The third-order valence-electron chi connectivity index (χ3n) is 5.62. The number of hydrogen-bond donors (Lipinski definition) is 2. The van der Waals surface area contributed by atoms with E-state index in [-0.39, 0.29) is 0 Å². The lowest BCUT2D eigenvalue weighted by Crippen LogP contribution is -2.49. The molecule has 6 nitrogen and oxygen atoms in total. The van der Waals surface area contributed by atoms with E-state index in [4.69, 9.17) is 14.5 Å². The first-order valence-electron chi connectivity index (χ1n) is 11.1.